The molecular formula is C29H23N3. The predicted molar refractivity (Wildman–Crippen MR) is 134 cm³/mol. The van der Waals surface area contributed by atoms with Crippen LogP contribution < -0.4 is 4.90 Å². The van der Waals surface area contributed by atoms with Gasteiger partial charge in [0, 0.05) is 17.7 Å². The number of aromatic nitrogens is 2. The molecule has 4 aromatic carbocycles. The number of anilines is 3. The smallest absolute Gasteiger partial charge is 0.114 e. The monoisotopic (exact) mass is 413 g/mol. The molecule has 3 heteroatoms. The van der Waals surface area contributed by atoms with Crippen LogP contribution in [0.3, 0.4) is 0 Å². The van der Waals surface area contributed by atoms with Gasteiger partial charge in [-0.2, -0.15) is 0 Å². The Kier molecular flexibility index (Phi) is 4.39. The molecule has 1 aromatic heterocycles. The van der Waals surface area contributed by atoms with Crippen molar-refractivity contribution in [3.05, 3.63) is 114 Å². The number of imidazole rings is 1. The Balaban J connectivity index is 1.63. The van der Waals surface area contributed by atoms with Gasteiger partial charge in [-0.1, -0.05) is 85.8 Å². The van der Waals surface area contributed by atoms with Crippen LogP contribution in [0.2, 0.25) is 0 Å². The van der Waals surface area contributed by atoms with E-state index in [0.717, 1.165) is 34.7 Å². The summed E-state index contributed by atoms with van der Waals surface area (Å²) in [5, 5.41) is 0. The third kappa shape index (κ3) is 2.86. The molecule has 0 atom stereocenters. The van der Waals surface area contributed by atoms with Gasteiger partial charge in [-0.3, -0.25) is 4.57 Å². The lowest BCUT2D eigenvalue weighted by Crippen LogP contribution is -2.19. The fraction of sp³-hybridized carbons (Fsp3) is 0.0690. The van der Waals surface area contributed by atoms with Crippen molar-refractivity contribution in [2.75, 3.05) is 4.90 Å². The molecule has 1 aliphatic heterocycles. The molecule has 2 heterocycles. The molecule has 0 amide bonds. The summed E-state index contributed by atoms with van der Waals surface area (Å²) in [4.78, 5) is 7.48. The Bertz CT molecular complexity index is 1450. The van der Waals surface area contributed by atoms with Crippen molar-refractivity contribution in [3.63, 3.8) is 0 Å². The summed E-state index contributed by atoms with van der Waals surface area (Å²) in [6, 6.07) is 34.0. The average molecular weight is 414 g/mol. The summed E-state index contributed by atoms with van der Waals surface area (Å²) in [5.74, 6) is 1.09. The number of para-hydroxylation sites is 3. The zero-order chi connectivity index (χ0) is 21.5. The van der Waals surface area contributed by atoms with Crippen LogP contribution in [0.1, 0.15) is 23.9 Å². The molecule has 0 fully saturated rings. The summed E-state index contributed by atoms with van der Waals surface area (Å²) >= 11 is 0. The molecule has 3 nitrogen and oxygen atoms in total. The highest BCUT2D eigenvalue weighted by Crippen LogP contribution is 2.47. The van der Waals surface area contributed by atoms with Crippen molar-refractivity contribution in [2.45, 2.75) is 13.3 Å². The van der Waals surface area contributed by atoms with E-state index in [1.54, 1.807) is 0 Å². The summed E-state index contributed by atoms with van der Waals surface area (Å²) in [6.07, 6.45) is 5.21. The predicted octanol–water partition coefficient (Wildman–Crippen LogP) is 7.54. The fourth-order valence-corrected chi connectivity index (χ4v) is 4.62. The van der Waals surface area contributed by atoms with Crippen LogP contribution in [0.4, 0.5) is 17.1 Å². The first kappa shape index (κ1) is 18.6. The van der Waals surface area contributed by atoms with Gasteiger partial charge < -0.3 is 4.90 Å². The molecule has 0 saturated heterocycles. The number of hydrogen-bond donors (Lipinski definition) is 0. The van der Waals surface area contributed by atoms with Crippen LogP contribution in [0.15, 0.2) is 97.1 Å². The van der Waals surface area contributed by atoms with Gasteiger partial charge >= 0.3 is 0 Å². The number of rotatable bonds is 4. The maximum atomic E-state index is 5.13. The van der Waals surface area contributed by atoms with Gasteiger partial charge in [0.15, 0.2) is 0 Å². The van der Waals surface area contributed by atoms with Crippen molar-refractivity contribution in [2.24, 2.45) is 0 Å². The zero-order valence-electron chi connectivity index (χ0n) is 17.9. The van der Waals surface area contributed by atoms with E-state index in [4.69, 9.17) is 4.98 Å². The third-order valence-electron chi connectivity index (χ3n) is 6.07. The SMILES string of the molecule is CCc1nc2c(/C=C/c3ccccc3)ccc3c2n1-c1ccccc1N3c1ccccc1. The summed E-state index contributed by atoms with van der Waals surface area (Å²) in [6.45, 7) is 2.18. The number of hydrogen-bond acceptors (Lipinski definition) is 2. The largest absolute Gasteiger partial charge is 0.306 e. The van der Waals surface area contributed by atoms with Gasteiger partial charge in [0.2, 0.25) is 0 Å². The van der Waals surface area contributed by atoms with E-state index in [9.17, 15) is 0 Å². The topological polar surface area (TPSA) is 21.1 Å². The standard InChI is InChI=1S/C29H23N3/c1-2-27-30-28-22(18-17-21-11-5-3-6-12-21)19-20-26-29(28)32(27)25-16-10-9-15-24(25)31(26)23-13-7-4-8-14-23/h3-20H,2H2,1H3/b18-17+. The Morgan fingerprint density at radius 1 is 0.688 bits per heavy atom. The van der Waals surface area contributed by atoms with E-state index in [1.807, 2.05) is 6.07 Å². The van der Waals surface area contributed by atoms with E-state index < -0.39 is 0 Å². The number of aryl methyl sites for hydroxylation is 1. The van der Waals surface area contributed by atoms with E-state index in [0.29, 0.717) is 0 Å². The van der Waals surface area contributed by atoms with Gasteiger partial charge in [-0.05, 0) is 35.9 Å². The van der Waals surface area contributed by atoms with Crippen LogP contribution >= 0.6 is 0 Å². The maximum Gasteiger partial charge on any atom is 0.114 e. The molecule has 0 unspecified atom stereocenters. The van der Waals surface area contributed by atoms with Gasteiger partial charge in [0.1, 0.15) is 5.82 Å². The molecule has 32 heavy (non-hydrogen) atoms. The van der Waals surface area contributed by atoms with Crippen LogP contribution in [0.25, 0.3) is 28.9 Å². The molecule has 0 spiro atoms. The molecule has 6 rings (SSSR count). The Labute approximate surface area is 187 Å². The van der Waals surface area contributed by atoms with Crippen LogP contribution in [-0.4, -0.2) is 9.55 Å². The lowest BCUT2D eigenvalue weighted by Gasteiger charge is -2.33. The second kappa shape index (κ2) is 7.54. The highest BCUT2D eigenvalue weighted by molar-refractivity contribution is 6.04. The Morgan fingerprint density at radius 2 is 1.38 bits per heavy atom. The molecule has 0 N–H and O–H groups in total. The van der Waals surface area contributed by atoms with Crippen LogP contribution in [0, 0.1) is 0 Å². The lowest BCUT2D eigenvalue weighted by molar-refractivity contribution is 0.900. The van der Waals surface area contributed by atoms with Gasteiger partial charge in [-0.15, -0.1) is 0 Å². The summed E-state index contributed by atoms with van der Waals surface area (Å²) in [7, 11) is 0. The summed E-state index contributed by atoms with van der Waals surface area (Å²) in [5.41, 5.74) is 9.19. The second-order valence-electron chi connectivity index (χ2n) is 7.99. The molecule has 0 aliphatic carbocycles. The van der Waals surface area contributed by atoms with Gasteiger partial charge in [0.05, 0.1) is 28.1 Å². The zero-order valence-corrected chi connectivity index (χ0v) is 17.9. The highest BCUT2D eigenvalue weighted by atomic mass is 15.2. The lowest BCUT2D eigenvalue weighted by atomic mass is 10.0. The first-order chi connectivity index (χ1) is 15.8. The molecule has 0 saturated carbocycles. The van der Waals surface area contributed by atoms with E-state index >= 15 is 0 Å². The van der Waals surface area contributed by atoms with Crippen molar-refractivity contribution < 1.29 is 0 Å². The minimum Gasteiger partial charge on any atom is -0.306 e. The van der Waals surface area contributed by atoms with Gasteiger partial charge in [0.25, 0.3) is 0 Å². The minimum absolute atomic E-state index is 0.871. The normalized spacial score (nSPS) is 12.5. The first-order valence-electron chi connectivity index (χ1n) is 11.1. The molecule has 0 bridgehead atoms. The van der Waals surface area contributed by atoms with Crippen molar-refractivity contribution >= 4 is 40.2 Å². The quantitative estimate of drug-likeness (QED) is 0.278. The molecular weight excluding hydrogens is 390 g/mol. The Morgan fingerprint density at radius 3 is 2.12 bits per heavy atom. The van der Waals surface area contributed by atoms with Crippen LogP contribution in [0.5, 0.6) is 0 Å². The fourth-order valence-electron chi connectivity index (χ4n) is 4.62. The first-order valence-corrected chi connectivity index (χ1v) is 11.1. The van der Waals surface area contributed by atoms with Crippen molar-refractivity contribution in [1.29, 1.82) is 0 Å². The van der Waals surface area contributed by atoms with Crippen LogP contribution in [-0.2, 0) is 6.42 Å². The number of benzene rings is 4. The third-order valence-corrected chi connectivity index (χ3v) is 6.07. The van der Waals surface area contributed by atoms with Gasteiger partial charge in [-0.25, -0.2) is 4.98 Å². The molecule has 5 aromatic rings. The maximum absolute atomic E-state index is 5.13. The molecule has 0 radical (unpaired) electrons. The minimum atomic E-state index is 0.871. The van der Waals surface area contributed by atoms with Crippen molar-refractivity contribution in [3.8, 4) is 5.69 Å². The van der Waals surface area contributed by atoms with E-state index in [-0.39, 0.29) is 0 Å². The average Bonchev–Trinajstić information content (AvgIpc) is 3.26. The van der Waals surface area contributed by atoms with E-state index in [2.05, 4.69) is 120 Å². The van der Waals surface area contributed by atoms with Crippen molar-refractivity contribution in [1.82, 2.24) is 9.55 Å². The molecule has 1 aliphatic rings. The summed E-state index contributed by atoms with van der Waals surface area (Å²) < 4.78 is 2.35. The van der Waals surface area contributed by atoms with E-state index in [1.165, 1.54) is 22.5 Å². The second-order valence-corrected chi connectivity index (χ2v) is 7.99. The Hall–Kier alpha value is -4.11. The number of fused-ring (bicyclic) bond motifs is 2. The highest BCUT2D eigenvalue weighted by Gasteiger charge is 2.29. The number of nitrogens with zero attached hydrogens (tertiary/aromatic N) is 3. The molecule has 154 valence electrons.